The predicted molar refractivity (Wildman–Crippen MR) is 111 cm³/mol. The molecule has 1 saturated heterocycles. The number of nitrogens with zero attached hydrogens (tertiary/aromatic N) is 3. The first-order valence-corrected chi connectivity index (χ1v) is 9.99. The number of piperazine rings is 1. The molecule has 0 unspecified atom stereocenters. The Morgan fingerprint density at radius 3 is 2.48 bits per heavy atom. The SMILES string of the molecule is O=C(c1oncc1-c1ccccc1Cl)N1CCN(CCOc2ccccc2)CC1. The molecule has 0 atom stereocenters. The van der Waals surface area contributed by atoms with Crippen LogP contribution < -0.4 is 4.74 Å². The van der Waals surface area contributed by atoms with Crippen molar-refractivity contribution in [2.45, 2.75) is 0 Å². The molecule has 4 rings (SSSR count). The van der Waals surface area contributed by atoms with Gasteiger partial charge in [0.2, 0.25) is 5.76 Å². The molecule has 1 aliphatic rings. The third-order valence-corrected chi connectivity index (χ3v) is 5.34. The van der Waals surface area contributed by atoms with Crippen LogP contribution in [0.25, 0.3) is 11.1 Å². The molecule has 2 heterocycles. The number of benzene rings is 2. The van der Waals surface area contributed by atoms with Crippen LogP contribution in [0.1, 0.15) is 10.6 Å². The Bertz CT molecular complexity index is 953. The number of aromatic nitrogens is 1. The zero-order valence-corrected chi connectivity index (χ0v) is 16.7. The van der Waals surface area contributed by atoms with Gasteiger partial charge in [-0.05, 0) is 18.2 Å². The zero-order valence-electron chi connectivity index (χ0n) is 16.0. The molecule has 0 spiro atoms. The van der Waals surface area contributed by atoms with E-state index >= 15 is 0 Å². The van der Waals surface area contributed by atoms with Crippen LogP contribution >= 0.6 is 11.6 Å². The quantitative estimate of drug-likeness (QED) is 0.617. The summed E-state index contributed by atoms with van der Waals surface area (Å²) >= 11 is 6.28. The predicted octanol–water partition coefficient (Wildman–Crippen LogP) is 3.83. The molecule has 1 amide bonds. The summed E-state index contributed by atoms with van der Waals surface area (Å²) in [5.41, 5.74) is 1.37. The second-order valence-electron chi connectivity index (χ2n) is 6.84. The van der Waals surface area contributed by atoms with Crippen LogP contribution in [0.5, 0.6) is 5.75 Å². The van der Waals surface area contributed by atoms with Gasteiger partial charge in [0.05, 0.1) is 11.8 Å². The summed E-state index contributed by atoms with van der Waals surface area (Å²) in [6.45, 7) is 4.29. The van der Waals surface area contributed by atoms with E-state index in [4.69, 9.17) is 20.9 Å². The molecular formula is C22H22ClN3O3. The Kier molecular flexibility index (Phi) is 6.12. The first-order valence-electron chi connectivity index (χ1n) is 9.61. The van der Waals surface area contributed by atoms with E-state index in [2.05, 4.69) is 10.1 Å². The highest BCUT2D eigenvalue weighted by molar-refractivity contribution is 6.33. The van der Waals surface area contributed by atoms with Crippen LogP contribution in [0.4, 0.5) is 0 Å². The lowest BCUT2D eigenvalue weighted by atomic mass is 10.1. The zero-order chi connectivity index (χ0) is 20.1. The van der Waals surface area contributed by atoms with E-state index in [9.17, 15) is 4.79 Å². The Labute approximate surface area is 174 Å². The number of hydrogen-bond acceptors (Lipinski definition) is 5. The maximum Gasteiger partial charge on any atom is 0.293 e. The molecule has 29 heavy (non-hydrogen) atoms. The van der Waals surface area contributed by atoms with Crippen molar-refractivity contribution < 1.29 is 14.1 Å². The van der Waals surface area contributed by atoms with Crippen molar-refractivity contribution in [3.63, 3.8) is 0 Å². The van der Waals surface area contributed by atoms with E-state index in [1.165, 1.54) is 0 Å². The van der Waals surface area contributed by atoms with Gasteiger partial charge in [-0.2, -0.15) is 0 Å². The largest absolute Gasteiger partial charge is 0.492 e. The van der Waals surface area contributed by atoms with Gasteiger partial charge in [-0.25, -0.2) is 0 Å². The average molecular weight is 412 g/mol. The number of carbonyl (C=O) groups excluding carboxylic acids is 1. The number of rotatable bonds is 6. The highest BCUT2D eigenvalue weighted by atomic mass is 35.5. The van der Waals surface area contributed by atoms with Crippen molar-refractivity contribution >= 4 is 17.5 Å². The van der Waals surface area contributed by atoms with Gasteiger partial charge in [-0.3, -0.25) is 9.69 Å². The smallest absolute Gasteiger partial charge is 0.293 e. The summed E-state index contributed by atoms with van der Waals surface area (Å²) in [7, 11) is 0. The molecule has 1 aromatic heterocycles. The van der Waals surface area contributed by atoms with Gasteiger partial charge in [0.1, 0.15) is 12.4 Å². The molecule has 3 aromatic rings. The van der Waals surface area contributed by atoms with E-state index in [0.717, 1.165) is 30.9 Å². The van der Waals surface area contributed by atoms with Crippen molar-refractivity contribution in [3.8, 4) is 16.9 Å². The molecule has 0 N–H and O–H groups in total. The lowest BCUT2D eigenvalue weighted by Crippen LogP contribution is -2.49. The summed E-state index contributed by atoms with van der Waals surface area (Å²) in [5, 5.41) is 4.39. The van der Waals surface area contributed by atoms with E-state index < -0.39 is 0 Å². The summed E-state index contributed by atoms with van der Waals surface area (Å²) in [6.07, 6.45) is 1.55. The fourth-order valence-corrected chi connectivity index (χ4v) is 3.63. The van der Waals surface area contributed by atoms with Crippen molar-refractivity contribution in [1.82, 2.24) is 15.0 Å². The normalized spacial score (nSPS) is 14.7. The summed E-state index contributed by atoms with van der Waals surface area (Å²) in [6, 6.07) is 17.1. The van der Waals surface area contributed by atoms with Crippen LogP contribution in [0.15, 0.2) is 65.3 Å². The minimum Gasteiger partial charge on any atom is -0.492 e. The van der Waals surface area contributed by atoms with Crippen LogP contribution in [0.2, 0.25) is 5.02 Å². The number of para-hydroxylation sites is 1. The van der Waals surface area contributed by atoms with Crippen molar-refractivity contribution in [3.05, 3.63) is 71.6 Å². The second kappa shape index (κ2) is 9.11. The van der Waals surface area contributed by atoms with Gasteiger partial charge in [-0.1, -0.05) is 53.2 Å². The first-order chi connectivity index (χ1) is 14.2. The Balaban J connectivity index is 1.32. The molecule has 0 bridgehead atoms. The van der Waals surface area contributed by atoms with Gasteiger partial charge in [0, 0.05) is 43.3 Å². The maximum absolute atomic E-state index is 13.0. The molecular weight excluding hydrogens is 390 g/mol. The maximum atomic E-state index is 13.0. The monoisotopic (exact) mass is 411 g/mol. The molecule has 6 nitrogen and oxygen atoms in total. The average Bonchev–Trinajstić information content (AvgIpc) is 3.24. The van der Waals surface area contributed by atoms with Crippen LogP contribution in [0, 0.1) is 0 Å². The first kappa shape index (κ1) is 19.5. The minimum atomic E-state index is -0.155. The third-order valence-electron chi connectivity index (χ3n) is 5.01. The Hall–Kier alpha value is -2.83. The minimum absolute atomic E-state index is 0.155. The van der Waals surface area contributed by atoms with Crippen LogP contribution in [0.3, 0.4) is 0 Å². The fraction of sp³-hybridized carbons (Fsp3) is 0.273. The third kappa shape index (κ3) is 4.60. The van der Waals surface area contributed by atoms with E-state index in [0.29, 0.717) is 30.3 Å². The molecule has 0 saturated carbocycles. The van der Waals surface area contributed by atoms with E-state index in [1.54, 1.807) is 17.2 Å². The highest BCUT2D eigenvalue weighted by Gasteiger charge is 2.27. The Morgan fingerprint density at radius 1 is 1.00 bits per heavy atom. The van der Waals surface area contributed by atoms with Crippen molar-refractivity contribution in [2.75, 3.05) is 39.3 Å². The lowest BCUT2D eigenvalue weighted by Gasteiger charge is -2.34. The molecule has 1 aliphatic heterocycles. The summed E-state index contributed by atoms with van der Waals surface area (Å²) < 4.78 is 11.1. The molecule has 1 fully saturated rings. The molecule has 7 heteroatoms. The number of carbonyl (C=O) groups is 1. The molecule has 0 aliphatic carbocycles. The number of halogens is 1. The number of amides is 1. The van der Waals surface area contributed by atoms with Gasteiger partial charge in [0.15, 0.2) is 0 Å². The fourth-order valence-electron chi connectivity index (χ4n) is 3.39. The summed E-state index contributed by atoms with van der Waals surface area (Å²) in [5.74, 6) is 0.954. The number of hydrogen-bond donors (Lipinski definition) is 0. The van der Waals surface area contributed by atoms with E-state index in [1.807, 2.05) is 48.5 Å². The lowest BCUT2D eigenvalue weighted by molar-refractivity contribution is 0.0582. The molecule has 2 aromatic carbocycles. The van der Waals surface area contributed by atoms with Gasteiger partial charge >= 0.3 is 0 Å². The van der Waals surface area contributed by atoms with Crippen molar-refractivity contribution in [1.29, 1.82) is 0 Å². The van der Waals surface area contributed by atoms with Gasteiger partial charge < -0.3 is 14.2 Å². The molecule has 0 radical (unpaired) electrons. The topological polar surface area (TPSA) is 58.8 Å². The van der Waals surface area contributed by atoms with E-state index in [-0.39, 0.29) is 11.7 Å². The number of ether oxygens (including phenoxy) is 1. The standard InChI is InChI=1S/C22H22ClN3O3/c23-20-9-5-4-8-18(20)19-16-24-29-21(19)22(27)26-12-10-25(11-13-26)14-15-28-17-6-2-1-3-7-17/h1-9,16H,10-15H2. The van der Waals surface area contributed by atoms with Crippen molar-refractivity contribution in [2.24, 2.45) is 0 Å². The van der Waals surface area contributed by atoms with Gasteiger partial charge in [-0.15, -0.1) is 0 Å². The van der Waals surface area contributed by atoms with Crippen LogP contribution in [-0.4, -0.2) is 60.2 Å². The molecule has 150 valence electrons. The highest BCUT2D eigenvalue weighted by Crippen LogP contribution is 2.31. The van der Waals surface area contributed by atoms with Crippen LogP contribution in [-0.2, 0) is 0 Å². The Morgan fingerprint density at radius 2 is 1.72 bits per heavy atom. The van der Waals surface area contributed by atoms with Gasteiger partial charge in [0.25, 0.3) is 5.91 Å². The summed E-state index contributed by atoms with van der Waals surface area (Å²) in [4.78, 5) is 17.1. The second-order valence-corrected chi connectivity index (χ2v) is 7.25.